The number of carbonyl (C=O) groups excluding carboxylic acids is 1. The Bertz CT molecular complexity index is 412. The van der Waals surface area contributed by atoms with Crippen molar-refractivity contribution in [1.29, 1.82) is 0 Å². The number of aliphatic hydroxyl groups excluding tert-OH is 1. The van der Waals surface area contributed by atoms with Gasteiger partial charge in [-0.05, 0) is 57.2 Å². The smallest absolute Gasteiger partial charge is 0.407 e. The summed E-state index contributed by atoms with van der Waals surface area (Å²) in [5.41, 5.74) is -0.507. The summed E-state index contributed by atoms with van der Waals surface area (Å²) in [4.78, 5) is 11.9. The lowest BCUT2D eigenvalue weighted by Crippen LogP contribution is -2.48. The van der Waals surface area contributed by atoms with Crippen LogP contribution in [-0.2, 0) is 9.16 Å². The Labute approximate surface area is 142 Å². The quantitative estimate of drug-likeness (QED) is 0.723. The molecular formula is C17H35NO4Si. The number of nitrogens with one attached hydrogen (secondary N) is 1. The van der Waals surface area contributed by atoms with Gasteiger partial charge in [-0.25, -0.2) is 4.79 Å². The van der Waals surface area contributed by atoms with Crippen LogP contribution in [0.4, 0.5) is 4.79 Å². The van der Waals surface area contributed by atoms with Gasteiger partial charge in [0.15, 0.2) is 8.32 Å². The van der Waals surface area contributed by atoms with Gasteiger partial charge >= 0.3 is 6.09 Å². The van der Waals surface area contributed by atoms with Crippen LogP contribution in [0, 0.1) is 11.8 Å². The van der Waals surface area contributed by atoms with E-state index in [0.29, 0.717) is 18.4 Å². The Kier molecular flexibility index (Phi) is 6.32. The first-order valence-corrected chi connectivity index (χ1v) is 11.4. The Balaban J connectivity index is 2.66. The summed E-state index contributed by atoms with van der Waals surface area (Å²) >= 11 is 0. The van der Waals surface area contributed by atoms with Gasteiger partial charge in [-0.1, -0.05) is 20.8 Å². The van der Waals surface area contributed by atoms with Crippen molar-refractivity contribution in [3.05, 3.63) is 0 Å². The molecule has 0 saturated heterocycles. The number of carbonyl (C=O) groups is 1. The van der Waals surface area contributed by atoms with Crippen molar-refractivity contribution in [1.82, 2.24) is 5.32 Å². The predicted octanol–water partition coefficient (Wildman–Crippen LogP) is 3.53. The maximum Gasteiger partial charge on any atom is 0.407 e. The van der Waals surface area contributed by atoms with E-state index in [1.165, 1.54) is 0 Å². The lowest BCUT2D eigenvalue weighted by atomic mass is 10.2. The SMILES string of the molecule is CC(C)(C)OC(=O)NCC(O[Si](C)(C)C(C)(C)C)[C@H]1C[C@@H]1CO. The minimum Gasteiger partial charge on any atom is -0.444 e. The van der Waals surface area contributed by atoms with Crippen LogP contribution in [-0.4, -0.2) is 44.4 Å². The van der Waals surface area contributed by atoms with E-state index in [1.54, 1.807) is 0 Å². The van der Waals surface area contributed by atoms with Crippen LogP contribution >= 0.6 is 0 Å². The fourth-order valence-corrected chi connectivity index (χ4v) is 3.64. The summed E-state index contributed by atoms with van der Waals surface area (Å²) in [5, 5.41) is 12.3. The third-order valence-electron chi connectivity index (χ3n) is 4.79. The second-order valence-electron chi connectivity index (χ2n) is 9.14. The van der Waals surface area contributed by atoms with E-state index < -0.39 is 20.0 Å². The molecular weight excluding hydrogens is 310 g/mol. The lowest BCUT2D eigenvalue weighted by molar-refractivity contribution is 0.0484. The highest BCUT2D eigenvalue weighted by atomic mass is 28.4. The average molecular weight is 346 g/mol. The van der Waals surface area contributed by atoms with Gasteiger partial charge in [0.2, 0.25) is 0 Å². The highest BCUT2D eigenvalue weighted by Gasteiger charge is 2.47. The number of hydrogen-bond acceptors (Lipinski definition) is 4. The molecule has 6 heteroatoms. The molecule has 0 bridgehead atoms. The molecule has 0 aliphatic heterocycles. The topological polar surface area (TPSA) is 67.8 Å². The number of alkyl carbamates (subject to hydrolysis) is 1. The minimum absolute atomic E-state index is 0.0550. The predicted molar refractivity (Wildman–Crippen MR) is 95.0 cm³/mol. The van der Waals surface area contributed by atoms with Crippen LogP contribution in [0.1, 0.15) is 48.0 Å². The zero-order chi connectivity index (χ0) is 18.1. The molecule has 136 valence electrons. The molecule has 0 aromatic carbocycles. The monoisotopic (exact) mass is 345 g/mol. The molecule has 0 spiro atoms. The van der Waals surface area contributed by atoms with Crippen LogP contribution < -0.4 is 5.32 Å². The van der Waals surface area contributed by atoms with Crippen LogP contribution in [0.2, 0.25) is 18.1 Å². The van der Waals surface area contributed by atoms with Crippen molar-refractivity contribution in [2.24, 2.45) is 11.8 Å². The zero-order valence-electron chi connectivity index (χ0n) is 16.0. The standard InChI is InChI=1S/C17H35NO4Si/c1-16(2,3)21-15(20)18-10-14(13-9-12(13)11-19)22-23(7,8)17(4,5)6/h12-14,19H,9-11H2,1-8H3,(H,18,20)/t12-,13+,14?/m1/s1. The maximum absolute atomic E-state index is 11.9. The number of amides is 1. The fourth-order valence-electron chi connectivity index (χ4n) is 2.27. The Morgan fingerprint density at radius 2 is 1.83 bits per heavy atom. The lowest BCUT2D eigenvalue weighted by Gasteiger charge is -2.39. The van der Waals surface area contributed by atoms with Gasteiger partial charge in [0.1, 0.15) is 5.60 Å². The Morgan fingerprint density at radius 3 is 2.22 bits per heavy atom. The van der Waals surface area contributed by atoms with Crippen LogP contribution in [0.15, 0.2) is 0 Å². The van der Waals surface area contributed by atoms with Crippen molar-refractivity contribution in [3.63, 3.8) is 0 Å². The molecule has 1 rings (SSSR count). The third kappa shape index (κ3) is 6.43. The van der Waals surface area contributed by atoms with E-state index in [4.69, 9.17) is 9.16 Å². The molecule has 5 nitrogen and oxygen atoms in total. The van der Waals surface area contributed by atoms with Crippen molar-refractivity contribution in [2.45, 2.75) is 77.8 Å². The van der Waals surface area contributed by atoms with E-state index in [-0.39, 0.29) is 17.7 Å². The molecule has 0 aromatic heterocycles. The largest absolute Gasteiger partial charge is 0.444 e. The second-order valence-corrected chi connectivity index (χ2v) is 13.9. The van der Waals surface area contributed by atoms with E-state index in [9.17, 15) is 9.90 Å². The summed E-state index contributed by atoms with van der Waals surface area (Å²) in [6, 6.07) is 0. The second kappa shape index (κ2) is 7.11. The fraction of sp³-hybridized carbons (Fsp3) is 0.941. The van der Waals surface area contributed by atoms with Crippen molar-refractivity contribution in [3.8, 4) is 0 Å². The normalized spacial score (nSPS) is 23.3. The molecule has 1 aliphatic rings. The molecule has 23 heavy (non-hydrogen) atoms. The number of hydrogen-bond donors (Lipinski definition) is 2. The van der Waals surface area contributed by atoms with Gasteiger partial charge in [-0.15, -0.1) is 0 Å². The van der Waals surface area contributed by atoms with Gasteiger partial charge in [0.25, 0.3) is 0 Å². The van der Waals surface area contributed by atoms with Gasteiger partial charge in [0, 0.05) is 13.2 Å². The van der Waals surface area contributed by atoms with Crippen LogP contribution in [0.25, 0.3) is 0 Å². The summed E-state index contributed by atoms with van der Waals surface area (Å²) < 4.78 is 11.8. The van der Waals surface area contributed by atoms with E-state index in [2.05, 4.69) is 39.2 Å². The molecule has 1 saturated carbocycles. The van der Waals surface area contributed by atoms with Crippen molar-refractivity contribution >= 4 is 14.4 Å². The molecule has 1 aliphatic carbocycles. The average Bonchev–Trinajstić information content (AvgIpc) is 3.10. The molecule has 1 amide bonds. The summed E-state index contributed by atoms with van der Waals surface area (Å²) in [6.07, 6.45) is 0.495. The summed E-state index contributed by atoms with van der Waals surface area (Å²) in [6.45, 7) is 17.2. The first-order valence-electron chi connectivity index (χ1n) is 8.52. The van der Waals surface area contributed by atoms with E-state index in [0.717, 1.165) is 6.42 Å². The highest BCUT2D eigenvalue weighted by Crippen LogP contribution is 2.45. The van der Waals surface area contributed by atoms with E-state index >= 15 is 0 Å². The maximum atomic E-state index is 11.9. The molecule has 0 aromatic rings. The van der Waals surface area contributed by atoms with Crippen LogP contribution in [0.5, 0.6) is 0 Å². The van der Waals surface area contributed by atoms with Gasteiger partial charge < -0.3 is 19.6 Å². The number of ether oxygens (including phenoxy) is 1. The van der Waals surface area contributed by atoms with Crippen LogP contribution in [0.3, 0.4) is 0 Å². The highest BCUT2D eigenvalue weighted by molar-refractivity contribution is 6.74. The first kappa shape index (κ1) is 20.5. The first-order chi connectivity index (χ1) is 10.3. The van der Waals surface area contributed by atoms with Gasteiger partial charge in [-0.2, -0.15) is 0 Å². The molecule has 1 fully saturated rings. The summed E-state index contributed by atoms with van der Waals surface area (Å²) in [5.74, 6) is 0.620. The molecule has 3 atom stereocenters. The molecule has 0 radical (unpaired) electrons. The molecule has 1 unspecified atom stereocenters. The summed E-state index contributed by atoms with van der Waals surface area (Å²) in [7, 11) is -1.93. The third-order valence-corrected chi connectivity index (χ3v) is 9.29. The van der Waals surface area contributed by atoms with Crippen molar-refractivity contribution < 1.29 is 19.1 Å². The Morgan fingerprint density at radius 1 is 1.26 bits per heavy atom. The Hall–Kier alpha value is -0.593. The number of aliphatic hydroxyl groups is 1. The molecule has 2 N–H and O–H groups in total. The minimum atomic E-state index is -1.93. The van der Waals surface area contributed by atoms with Crippen molar-refractivity contribution in [2.75, 3.05) is 13.2 Å². The molecule has 0 heterocycles. The zero-order valence-corrected chi connectivity index (χ0v) is 17.0. The van der Waals surface area contributed by atoms with Gasteiger partial charge in [-0.3, -0.25) is 0 Å². The number of rotatable bonds is 6. The van der Waals surface area contributed by atoms with E-state index in [1.807, 2.05) is 20.8 Å². The van der Waals surface area contributed by atoms with Gasteiger partial charge in [0.05, 0.1) is 6.10 Å².